The van der Waals surface area contributed by atoms with Crippen LogP contribution in [0.2, 0.25) is 0 Å². The van der Waals surface area contributed by atoms with Crippen molar-refractivity contribution in [3.05, 3.63) is 0 Å². The molecule has 0 unspecified atom stereocenters. The lowest BCUT2D eigenvalue weighted by Gasteiger charge is -2.42. The zero-order valence-electron chi connectivity index (χ0n) is 14.9. The Morgan fingerprint density at radius 1 is 1.00 bits per heavy atom. The van der Waals surface area contributed by atoms with Crippen molar-refractivity contribution in [2.24, 2.45) is 11.3 Å². The van der Waals surface area contributed by atoms with Gasteiger partial charge in [-0.25, -0.2) is 0 Å². The van der Waals surface area contributed by atoms with Gasteiger partial charge in [0.1, 0.15) is 0 Å². The molecule has 0 aromatic heterocycles. The number of ether oxygens (including phenoxy) is 1. The molecule has 1 atom stereocenters. The van der Waals surface area contributed by atoms with Crippen LogP contribution >= 0.6 is 0 Å². The van der Waals surface area contributed by atoms with Gasteiger partial charge in [-0.05, 0) is 38.0 Å². The van der Waals surface area contributed by atoms with Gasteiger partial charge in [0, 0.05) is 39.3 Å². The van der Waals surface area contributed by atoms with Crippen LogP contribution in [0, 0.1) is 11.3 Å². The van der Waals surface area contributed by atoms with E-state index in [-0.39, 0.29) is 5.91 Å². The lowest BCUT2D eigenvalue weighted by molar-refractivity contribution is -0.146. The summed E-state index contributed by atoms with van der Waals surface area (Å²) in [4.78, 5) is 15.2. The lowest BCUT2D eigenvalue weighted by atomic mass is 9.77. The molecule has 1 aliphatic carbocycles. The molecule has 1 amide bonds. The molecule has 4 rings (SSSR count). The minimum Gasteiger partial charge on any atom is -0.379 e. The van der Waals surface area contributed by atoms with E-state index in [9.17, 15) is 13.2 Å². The van der Waals surface area contributed by atoms with E-state index >= 15 is 0 Å². The van der Waals surface area contributed by atoms with Crippen molar-refractivity contribution >= 4 is 16.1 Å². The summed E-state index contributed by atoms with van der Waals surface area (Å²) in [5.41, 5.74) is -0.485. The number of likely N-dealkylation sites (tertiary alicyclic amines) is 1. The molecule has 1 spiro atoms. The second kappa shape index (κ2) is 6.79. The van der Waals surface area contributed by atoms with Crippen LogP contribution in [0.25, 0.3) is 0 Å². The molecule has 0 aromatic carbocycles. The molecule has 0 radical (unpaired) electrons. The number of amides is 1. The fourth-order valence-electron chi connectivity index (χ4n) is 4.66. The summed E-state index contributed by atoms with van der Waals surface area (Å²) in [6.07, 6.45) is 6.22. The highest BCUT2D eigenvalue weighted by molar-refractivity contribution is 7.86. The van der Waals surface area contributed by atoms with Crippen LogP contribution in [0.5, 0.6) is 0 Å². The van der Waals surface area contributed by atoms with Gasteiger partial charge >= 0.3 is 0 Å². The van der Waals surface area contributed by atoms with Crippen LogP contribution in [0.3, 0.4) is 0 Å². The van der Waals surface area contributed by atoms with Gasteiger partial charge in [-0.3, -0.25) is 4.79 Å². The normalized spacial score (nSPS) is 33.1. The van der Waals surface area contributed by atoms with E-state index in [0.29, 0.717) is 51.7 Å². The van der Waals surface area contributed by atoms with E-state index in [1.807, 2.05) is 4.90 Å². The molecule has 0 aromatic rings. The van der Waals surface area contributed by atoms with Crippen molar-refractivity contribution in [1.82, 2.24) is 13.5 Å². The average molecular weight is 372 g/mol. The molecule has 3 heterocycles. The number of carbonyl (C=O) groups is 1. The van der Waals surface area contributed by atoms with E-state index in [4.69, 9.17) is 4.74 Å². The Bertz CT molecular complexity index is 615. The van der Waals surface area contributed by atoms with Crippen LogP contribution in [-0.4, -0.2) is 80.3 Å². The fraction of sp³-hybridized carbons (Fsp3) is 0.941. The van der Waals surface area contributed by atoms with Gasteiger partial charge < -0.3 is 9.64 Å². The molecule has 0 bridgehead atoms. The minimum absolute atomic E-state index is 0.199. The molecule has 4 fully saturated rings. The van der Waals surface area contributed by atoms with Crippen molar-refractivity contribution < 1.29 is 17.9 Å². The predicted octanol–water partition coefficient (Wildman–Crippen LogP) is 0.678. The quantitative estimate of drug-likeness (QED) is 0.729. The number of hydrogen-bond acceptors (Lipinski definition) is 4. The van der Waals surface area contributed by atoms with Crippen LogP contribution < -0.4 is 0 Å². The topological polar surface area (TPSA) is 70.2 Å². The molecule has 1 saturated carbocycles. The summed E-state index contributed by atoms with van der Waals surface area (Å²) < 4.78 is 34.1. The van der Waals surface area contributed by atoms with Crippen molar-refractivity contribution in [3.8, 4) is 0 Å². The molecule has 3 aliphatic heterocycles. The van der Waals surface area contributed by atoms with Crippen LogP contribution in [-0.2, 0) is 19.7 Å². The molecule has 8 heteroatoms. The van der Waals surface area contributed by atoms with Gasteiger partial charge in [-0.1, -0.05) is 6.42 Å². The number of rotatable bonds is 4. The first-order valence-electron chi connectivity index (χ1n) is 9.64. The third-order valence-corrected chi connectivity index (χ3v) is 8.45. The van der Waals surface area contributed by atoms with E-state index < -0.39 is 15.6 Å². The van der Waals surface area contributed by atoms with Crippen molar-refractivity contribution in [1.29, 1.82) is 0 Å². The zero-order valence-corrected chi connectivity index (χ0v) is 15.7. The van der Waals surface area contributed by atoms with Crippen LogP contribution in [0.4, 0.5) is 0 Å². The maximum absolute atomic E-state index is 13.1. The number of morpholine rings is 1. The Hall–Kier alpha value is -0.700. The highest BCUT2D eigenvalue weighted by Gasteiger charge is 2.52. The van der Waals surface area contributed by atoms with Gasteiger partial charge in [-0.15, -0.1) is 0 Å². The van der Waals surface area contributed by atoms with Crippen molar-refractivity contribution in [2.45, 2.75) is 38.5 Å². The Kier molecular flexibility index (Phi) is 4.81. The molecule has 7 nitrogen and oxygen atoms in total. The van der Waals surface area contributed by atoms with Gasteiger partial charge in [0.05, 0.1) is 18.6 Å². The van der Waals surface area contributed by atoms with Crippen LogP contribution in [0.15, 0.2) is 0 Å². The van der Waals surface area contributed by atoms with Gasteiger partial charge in [0.2, 0.25) is 5.91 Å². The summed E-state index contributed by atoms with van der Waals surface area (Å²) in [6.45, 7) is 4.25. The minimum atomic E-state index is -3.48. The summed E-state index contributed by atoms with van der Waals surface area (Å²) in [6, 6.07) is 0. The third kappa shape index (κ3) is 3.22. The molecule has 142 valence electrons. The first kappa shape index (κ1) is 17.7. The summed E-state index contributed by atoms with van der Waals surface area (Å²) >= 11 is 0. The van der Waals surface area contributed by atoms with Crippen LogP contribution in [0.1, 0.15) is 38.5 Å². The number of carbonyl (C=O) groups excluding carboxylic acids is 1. The Balaban J connectivity index is 1.45. The number of piperidine rings is 1. The number of hydrogen-bond donors (Lipinski definition) is 0. The van der Waals surface area contributed by atoms with Gasteiger partial charge in [-0.2, -0.15) is 17.0 Å². The van der Waals surface area contributed by atoms with E-state index in [1.54, 1.807) is 4.31 Å². The lowest BCUT2D eigenvalue weighted by Crippen LogP contribution is -2.53. The van der Waals surface area contributed by atoms with E-state index in [1.165, 1.54) is 23.6 Å². The van der Waals surface area contributed by atoms with Crippen molar-refractivity contribution in [3.63, 3.8) is 0 Å². The fourth-order valence-corrected chi connectivity index (χ4v) is 6.33. The largest absolute Gasteiger partial charge is 0.379 e. The first-order chi connectivity index (χ1) is 12.0. The summed E-state index contributed by atoms with van der Waals surface area (Å²) in [5, 5.41) is 0. The number of nitrogens with zero attached hydrogens (tertiary/aromatic N) is 3. The zero-order chi connectivity index (χ0) is 17.5. The smallest absolute Gasteiger partial charge is 0.282 e. The summed E-state index contributed by atoms with van der Waals surface area (Å²) in [5.74, 6) is 0.860. The molecule has 25 heavy (non-hydrogen) atoms. The SMILES string of the molecule is O=C1N(CC2CCC2)CCC[C@@]12CCN(S(=O)(=O)N1CCOCC1)C2. The van der Waals surface area contributed by atoms with E-state index in [0.717, 1.165) is 25.9 Å². The molecular weight excluding hydrogens is 342 g/mol. The van der Waals surface area contributed by atoms with Gasteiger partial charge in [0.25, 0.3) is 10.2 Å². The Morgan fingerprint density at radius 3 is 2.44 bits per heavy atom. The molecular formula is C17H29N3O4S. The predicted molar refractivity (Wildman–Crippen MR) is 93.1 cm³/mol. The monoisotopic (exact) mass is 371 g/mol. The molecule has 3 saturated heterocycles. The van der Waals surface area contributed by atoms with Crippen molar-refractivity contribution in [2.75, 3.05) is 52.5 Å². The van der Waals surface area contributed by atoms with E-state index in [2.05, 4.69) is 0 Å². The Morgan fingerprint density at radius 2 is 1.76 bits per heavy atom. The third-order valence-electron chi connectivity index (χ3n) is 6.47. The standard InChI is InChI=1S/C17H29N3O4S/c21-16-17(5-2-7-18(16)13-15-3-1-4-15)6-8-20(14-17)25(22,23)19-9-11-24-12-10-19/h15H,1-14H2/t17-/m0/s1. The molecule has 4 aliphatic rings. The maximum atomic E-state index is 13.1. The summed E-state index contributed by atoms with van der Waals surface area (Å²) in [7, 11) is -3.48. The Labute approximate surface area is 150 Å². The average Bonchev–Trinajstić information content (AvgIpc) is 3.01. The first-order valence-corrected chi connectivity index (χ1v) is 11.0. The highest BCUT2D eigenvalue weighted by atomic mass is 32.2. The molecule has 0 N–H and O–H groups in total. The second-order valence-corrected chi connectivity index (χ2v) is 9.96. The van der Waals surface area contributed by atoms with Gasteiger partial charge in [0.15, 0.2) is 0 Å². The second-order valence-electron chi connectivity index (χ2n) is 8.03. The maximum Gasteiger partial charge on any atom is 0.282 e. The highest BCUT2D eigenvalue weighted by Crippen LogP contribution is 2.42.